The van der Waals surface area contributed by atoms with E-state index in [1.807, 2.05) is 29.5 Å². The summed E-state index contributed by atoms with van der Waals surface area (Å²) >= 11 is 11.5. The third-order valence-electron chi connectivity index (χ3n) is 3.25. The minimum absolute atomic E-state index is 0.412. The smallest absolute Gasteiger partial charge is 0.0705 e. The van der Waals surface area contributed by atoms with Crippen LogP contribution in [0.25, 0.3) is 0 Å². The fourth-order valence-electron chi connectivity index (χ4n) is 2.45. The molecule has 1 atom stereocenters. The number of benzene rings is 1. The van der Waals surface area contributed by atoms with Gasteiger partial charge in [0.05, 0.1) is 9.83 Å². The summed E-state index contributed by atoms with van der Waals surface area (Å²) in [6, 6.07) is 10.6. The van der Waals surface area contributed by atoms with E-state index in [9.17, 15) is 0 Å². The van der Waals surface area contributed by atoms with Crippen molar-refractivity contribution in [2.75, 3.05) is 5.32 Å². The quantitative estimate of drug-likeness (QED) is 0.743. The highest BCUT2D eigenvalue weighted by molar-refractivity contribution is 9.11. The fourth-order valence-corrected chi connectivity index (χ4v) is 4.46. The Morgan fingerprint density at radius 2 is 2.22 bits per heavy atom. The number of aryl methyl sites for hydroxylation is 1. The van der Waals surface area contributed by atoms with Gasteiger partial charge in [-0.3, -0.25) is 0 Å². The lowest BCUT2D eigenvalue weighted by atomic mass is 9.94. The van der Waals surface area contributed by atoms with E-state index in [0.29, 0.717) is 6.04 Å². The van der Waals surface area contributed by atoms with Crippen LogP contribution in [0.1, 0.15) is 29.3 Å². The number of hydrogen-bond acceptors (Lipinski definition) is 2. The molecular weight excluding hydrogens is 330 g/mol. The first-order valence-electron chi connectivity index (χ1n) is 6.02. The second-order valence-corrected chi connectivity index (χ2v) is 7.48. The minimum atomic E-state index is 0.412. The van der Waals surface area contributed by atoms with Gasteiger partial charge in [0.15, 0.2) is 0 Å². The number of rotatable bonds is 2. The molecule has 1 N–H and O–H groups in total. The molecule has 0 bridgehead atoms. The van der Waals surface area contributed by atoms with E-state index in [4.69, 9.17) is 11.6 Å². The standard InChI is InChI=1S/C14H13BrClNS/c15-14-8-11-12(5-2-6-13(11)18-14)17-10-4-1-3-9(16)7-10/h1,3-4,7-8,12,17H,2,5-6H2. The van der Waals surface area contributed by atoms with E-state index >= 15 is 0 Å². The van der Waals surface area contributed by atoms with Crippen LogP contribution in [-0.4, -0.2) is 0 Å². The molecule has 1 heterocycles. The molecule has 0 saturated carbocycles. The first-order chi connectivity index (χ1) is 8.72. The van der Waals surface area contributed by atoms with Gasteiger partial charge < -0.3 is 5.32 Å². The summed E-state index contributed by atoms with van der Waals surface area (Å²) in [5.74, 6) is 0. The SMILES string of the molecule is Clc1cccc(NC2CCCc3sc(Br)cc32)c1. The third-order valence-corrected chi connectivity index (χ3v) is 5.20. The fraction of sp³-hybridized carbons (Fsp3) is 0.286. The van der Waals surface area contributed by atoms with Crippen LogP contribution >= 0.6 is 38.9 Å². The third kappa shape index (κ3) is 2.58. The molecule has 3 rings (SSSR count). The van der Waals surface area contributed by atoms with E-state index in [-0.39, 0.29) is 0 Å². The summed E-state index contributed by atoms with van der Waals surface area (Å²) in [6.45, 7) is 0. The van der Waals surface area contributed by atoms with Crippen molar-refractivity contribution < 1.29 is 0 Å². The molecule has 2 aromatic rings. The minimum Gasteiger partial charge on any atom is -0.378 e. The molecule has 1 aromatic carbocycles. The second-order valence-electron chi connectivity index (χ2n) is 4.53. The first kappa shape index (κ1) is 12.5. The van der Waals surface area contributed by atoms with E-state index in [0.717, 1.165) is 10.7 Å². The molecule has 1 aromatic heterocycles. The van der Waals surface area contributed by atoms with Crippen LogP contribution in [0.2, 0.25) is 5.02 Å². The van der Waals surface area contributed by atoms with Crippen molar-refractivity contribution in [3.05, 3.63) is 49.6 Å². The Bertz CT molecular complexity index is 567. The Hall–Kier alpha value is -0.510. The van der Waals surface area contributed by atoms with E-state index in [1.165, 1.54) is 33.5 Å². The average molecular weight is 343 g/mol. The van der Waals surface area contributed by atoms with Crippen LogP contribution in [0, 0.1) is 0 Å². The summed E-state index contributed by atoms with van der Waals surface area (Å²) in [7, 11) is 0. The summed E-state index contributed by atoms with van der Waals surface area (Å²) in [6.07, 6.45) is 3.64. The summed E-state index contributed by atoms with van der Waals surface area (Å²) in [4.78, 5) is 1.51. The Kier molecular flexibility index (Phi) is 3.64. The number of nitrogens with one attached hydrogen (secondary N) is 1. The summed E-state index contributed by atoms with van der Waals surface area (Å²) in [5, 5.41) is 4.37. The van der Waals surface area contributed by atoms with Gasteiger partial charge in [-0.2, -0.15) is 0 Å². The number of thiophene rings is 1. The van der Waals surface area contributed by atoms with Crippen molar-refractivity contribution in [3.8, 4) is 0 Å². The Morgan fingerprint density at radius 3 is 3.06 bits per heavy atom. The van der Waals surface area contributed by atoms with Gasteiger partial charge in [-0.25, -0.2) is 0 Å². The van der Waals surface area contributed by atoms with Gasteiger partial charge in [0.25, 0.3) is 0 Å². The molecule has 18 heavy (non-hydrogen) atoms. The van der Waals surface area contributed by atoms with Gasteiger partial charge in [-0.05, 0) is 65.0 Å². The Labute approximate surface area is 124 Å². The predicted octanol–water partition coefficient (Wildman–Crippen LogP) is 5.65. The van der Waals surface area contributed by atoms with E-state index < -0.39 is 0 Å². The molecule has 1 unspecified atom stereocenters. The molecule has 0 spiro atoms. The molecule has 94 valence electrons. The number of fused-ring (bicyclic) bond motifs is 1. The molecule has 1 aliphatic rings. The summed E-state index contributed by atoms with van der Waals surface area (Å²) < 4.78 is 1.23. The Morgan fingerprint density at radius 1 is 1.33 bits per heavy atom. The molecule has 1 aliphatic carbocycles. The molecule has 0 amide bonds. The van der Waals surface area contributed by atoms with Crippen molar-refractivity contribution in [2.45, 2.75) is 25.3 Å². The normalized spacial score (nSPS) is 18.4. The molecule has 4 heteroatoms. The van der Waals surface area contributed by atoms with Crippen molar-refractivity contribution in [3.63, 3.8) is 0 Å². The van der Waals surface area contributed by atoms with E-state index in [1.54, 1.807) is 0 Å². The lowest BCUT2D eigenvalue weighted by Gasteiger charge is -2.24. The van der Waals surface area contributed by atoms with Gasteiger partial charge in [-0.1, -0.05) is 17.7 Å². The highest BCUT2D eigenvalue weighted by Crippen LogP contribution is 2.39. The van der Waals surface area contributed by atoms with Crippen LogP contribution in [-0.2, 0) is 6.42 Å². The van der Waals surface area contributed by atoms with Crippen molar-refractivity contribution >= 4 is 44.6 Å². The lowest BCUT2D eigenvalue weighted by molar-refractivity contribution is 0.609. The van der Waals surface area contributed by atoms with Gasteiger partial charge in [-0.15, -0.1) is 11.3 Å². The maximum absolute atomic E-state index is 6.02. The topological polar surface area (TPSA) is 12.0 Å². The largest absolute Gasteiger partial charge is 0.378 e. The lowest BCUT2D eigenvalue weighted by Crippen LogP contribution is -2.15. The van der Waals surface area contributed by atoms with Crippen molar-refractivity contribution in [1.82, 2.24) is 0 Å². The van der Waals surface area contributed by atoms with Crippen LogP contribution in [0.3, 0.4) is 0 Å². The van der Waals surface area contributed by atoms with Crippen LogP contribution in [0.15, 0.2) is 34.1 Å². The average Bonchev–Trinajstić information content (AvgIpc) is 2.71. The molecule has 1 nitrogen and oxygen atoms in total. The first-order valence-corrected chi connectivity index (χ1v) is 8.01. The number of anilines is 1. The monoisotopic (exact) mass is 341 g/mol. The second kappa shape index (κ2) is 5.24. The predicted molar refractivity (Wildman–Crippen MR) is 82.8 cm³/mol. The molecule has 0 radical (unpaired) electrons. The Balaban J connectivity index is 1.86. The zero-order valence-corrected chi connectivity index (χ0v) is 12.9. The van der Waals surface area contributed by atoms with Crippen LogP contribution < -0.4 is 5.32 Å². The maximum Gasteiger partial charge on any atom is 0.0705 e. The van der Waals surface area contributed by atoms with Gasteiger partial charge in [0.2, 0.25) is 0 Å². The van der Waals surface area contributed by atoms with Gasteiger partial charge >= 0.3 is 0 Å². The zero-order chi connectivity index (χ0) is 12.5. The summed E-state index contributed by atoms with van der Waals surface area (Å²) in [5.41, 5.74) is 2.54. The maximum atomic E-state index is 6.02. The van der Waals surface area contributed by atoms with Gasteiger partial charge in [0.1, 0.15) is 0 Å². The number of halogens is 2. The van der Waals surface area contributed by atoms with Crippen molar-refractivity contribution in [1.29, 1.82) is 0 Å². The molecule has 0 saturated heterocycles. The van der Waals surface area contributed by atoms with E-state index in [2.05, 4.69) is 33.4 Å². The highest BCUT2D eigenvalue weighted by Gasteiger charge is 2.22. The van der Waals surface area contributed by atoms with Crippen molar-refractivity contribution in [2.24, 2.45) is 0 Å². The highest BCUT2D eigenvalue weighted by atomic mass is 79.9. The van der Waals surface area contributed by atoms with Crippen LogP contribution in [0.4, 0.5) is 5.69 Å². The van der Waals surface area contributed by atoms with Gasteiger partial charge in [0, 0.05) is 15.6 Å². The molecule has 0 fully saturated rings. The van der Waals surface area contributed by atoms with Crippen LogP contribution in [0.5, 0.6) is 0 Å². The molecule has 0 aliphatic heterocycles. The molecular formula is C14H13BrClNS. The number of hydrogen-bond donors (Lipinski definition) is 1. The zero-order valence-electron chi connectivity index (χ0n) is 9.75.